The second-order valence-corrected chi connectivity index (χ2v) is 5.28. The van der Waals surface area contributed by atoms with Crippen molar-refractivity contribution in [3.8, 4) is 0 Å². The minimum Gasteiger partial charge on any atom is -0.371 e. The Balaban J connectivity index is 1.82. The Labute approximate surface area is 127 Å². The largest absolute Gasteiger partial charge is 0.371 e. The van der Waals surface area contributed by atoms with Gasteiger partial charge in [-0.25, -0.2) is 9.29 Å². The van der Waals surface area contributed by atoms with Crippen LogP contribution < -0.4 is 10.2 Å². The van der Waals surface area contributed by atoms with Gasteiger partial charge in [0, 0.05) is 0 Å². The van der Waals surface area contributed by atoms with Crippen LogP contribution in [0.2, 0.25) is 0 Å². The maximum atomic E-state index is 13.7. The maximum absolute atomic E-state index is 13.7. The Morgan fingerprint density at radius 1 is 1.09 bits per heavy atom. The molecule has 2 aromatic carbocycles. The van der Waals surface area contributed by atoms with Crippen LogP contribution in [0.3, 0.4) is 0 Å². The lowest BCUT2D eigenvalue weighted by molar-refractivity contribution is -0.121. The van der Waals surface area contributed by atoms with Crippen molar-refractivity contribution < 1.29 is 14.0 Å². The molecule has 1 saturated heterocycles. The third-order valence-electron chi connectivity index (χ3n) is 3.64. The molecule has 1 fully saturated rings. The maximum Gasteiger partial charge on any atom is 0.256 e. The third-order valence-corrected chi connectivity index (χ3v) is 3.64. The number of aryl methyl sites for hydroxylation is 1. The number of nitrogens with zero attached hydrogens (tertiary/aromatic N) is 1. The number of anilines is 2. The molecule has 22 heavy (non-hydrogen) atoms. The van der Waals surface area contributed by atoms with Crippen LogP contribution in [0.4, 0.5) is 15.8 Å². The van der Waals surface area contributed by atoms with E-state index in [0.29, 0.717) is 5.69 Å². The van der Waals surface area contributed by atoms with Gasteiger partial charge in [-0.05, 0) is 31.2 Å². The molecule has 0 aliphatic carbocycles. The van der Waals surface area contributed by atoms with E-state index in [1.165, 1.54) is 6.07 Å². The first-order valence-electron chi connectivity index (χ1n) is 7.01. The van der Waals surface area contributed by atoms with Gasteiger partial charge in [-0.15, -0.1) is 0 Å². The molecule has 112 valence electrons. The van der Waals surface area contributed by atoms with Crippen molar-refractivity contribution in [1.82, 2.24) is 0 Å². The zero-order valence-corrected chi connectivity index (χ0v) is 12.0. The molecule has 1 N–H and O–H groups in total. The van der Waals surface area contributed by atoms with Gasteiger partial charge in [0.25, 0.3) is 5.91 Å². The minimum absolute atomic E-state index is 0.0149. The quantitative estimate of drug-likeness (QED) is 0.886. The average Bonchev–Trinajstić information content (AvgIpc) is 2.77. The zero-order chi connectivity index (χ0) is 15.7. The van der Waals surface area contributed by atoms with E-state index >= 15 is 0 Å². The fourth-order valence-electron chi connectivity index (χ4n) is 2.48. The lowest BCUT2D eigenvalue weighted by Gasteiger charge is -2.16. The van der Waals surface area contributed by atoms with Crippen LogP contribution in [0, 0.1) is 12.7 Å². The van der Waals surface area contributed by atoms with Crippen LogP contribution in [0.15, 0.2) is 48.5 Å². The molecule has 5 heteroatoms. The fraction of sp³-hybridized carbons (Fsp3) is 0.176. The highest BCUT2D eigenvalue weighted by Gasteiger charge is 2.39. The second kappa shape index (κ2) is 5.60. The molecule has 2 aromatic rings. The van der Waals surface area contributed by atoms with E-state index in [4.69, 9.17) is 0 Å². The van der Waals surface area contributed by atoms with Gasteiger partial charge in [-0.3, -0.25) is 9.59 Å². The molecule has 2 amide bonds. The Bertz CT molecular complexity index is 728. The first-order chi connectivity index (χ1) is 10.6. The Hall–Kier alpha value is -2.69. The molecular formula is C17H15FN2O2. The van der Waals surface area contributed by atoms with Crippen LogP contribution in [-0.4, -0.2) is 17.9 Å². The van der Waals surface area contributed by atoms with E-state index in [1.807, 2.05) is 19.1 Å². The van der Waals surface area contributed by atoms with E-state index in [-0.39, 0.29) is 23.9 Å². The van der Waals surface area contributed by atoms with Gasteiger partial charge < -0.3 is 5.32 Å². The summed E-state index contributed by atoms with van der Waals surface area (Å²) in [6.45, 7) is 1.93. The lowest BCUT2D eigenvalue weighted by atomic mass is 10.2. The number of halogens is 1. The molecule has 1 heterocycles. The summed E-state index contributed by atoms with van der Waals surface area (Å²) in [7, 11) is 0. The average molecular weight is 298 g/mol. The summed E-state index contributed by atoms with van der Waals surface area (Å²) in [5.74, 6) is -1.10. The van der Waals surface area contributed by atoms with Crippen molar-refractivity contribution >= 4 is 23.2 Å². The van der Waals surface area contributed by atoms with E-state index in [9.17, 15) is 14.0 Å². The molecule has 4 nitrogen and oxygen atoms in total. The van der Waals surface area contributed by atoms with E-state index in [1.54, 1.807) is 30.3 Å². The van der Waals surface area contributed by atoms with Crippen LogP contribution in [-0.2, 0) is 9.59 Å². The number of para-hydroxylation sites is 1. The molecule has 0 spiro atoms. The zero-order valence-electron chi connectivity index (χ0n) is 12.0. The summed E-state index contributed by atoms with van der Waals surface area (Å²) in [5, 5.41) is 2.81. The van der Waals surface area contributed by atoms with E-state index in [2.05, 4.69) is 5.32 Å². The van der Waals surface area contributed by atoms with Gasteiger partial charge in [0.15, 0.2) is 0 Å². The molecule has 1 aliphatic rings. The van der Waals surface area contributed by atoms with Crippen molar-refractivity contribution in [2.24, 2.45) is 0 Å². The number of rotatable bonds is 3. The number of imide groups is 1. The van der Waals surface area contributed by atoms with Crippen molar-refractivity contribution in [2.75, 3.05) is 10.2 Å². The summed E-state index contributed by atoms with van der Waals surface area (Å²) in [6.07, 6.45) is 0.0149. The predicted molar refractivity (Wildman–Crippen MR) is 82.1 cm³/mol. The highest BCUT2D eigenvalue weighted by Crippen LogP contribution is 2.25. The molecule has 0 bridgehead atoms. The Kier molecular flexibility index (Phi) is 3.63. The third kappa shape index (κ3) is 2.57. The number of amides is 2. The van der Waals surface area contributed by atoms with Gasteiger partial charge in [0.2, 0.25) is 5.91 Å². The Morgan fingerprint density at radius 3 is 2.45 bits per heavy atom. The van der Waals surface area contributed by atoms with E-state index < -0.39 is 11.9 Å². The summed E-state index contributed by atoms with van der Waals surface area (Å²) in [4.78, 5) is 25.7. The van der Waals surface area contributed by atoms with Gasteiger partial charge in [-0.2, -0.15) is 0 Å². The van der Waals surface area contributed by atoms with Gasteiger partial charge >= 0.3 is 0 Å². The normalized spacial score (nSPS) is 17.9. The number of nitrogens with one attached hydrogen (secondary N) is 1. The highest BCUT2D eigenvalue weighted by molar-refractivity contribution is 6.23. The monoisotopic (exact) mass is 298 g/mol. The van der Waals surface area contributed by atoms with Crippen LogP contribution in [0.5, 0.6) is 0 Å². The van der Waals surface area contributed by atoms with Crippen molar-refractivity contribution in [1.29, 1.82) is 0 Å². The number of carbonyl (C=O) groups excluding carboxylic acids is 2. The van der Waals surface area contributed by atoms with Gasteiger partial charge in [0.05, 0.1) is 17.8 Å². The van der Waals surface area contributed by atoms with Crippen molar-refractivity contribution in [3.63, 3.8) is 0 Å². The molecule has 0 radical (unpaired) electrons. The number of hydrogen-bond acceptors (Lipinski definition) is 3. The molecule has 0 aromatic heterocycles. The fourth-order valence-corrected chi connectivity index (χ4v) is 2.48. The van der Waals surface area contributed by atoms with Crippen LogP contribution in [0.25, 0.3) is 0 Å². The summed E-state index contributed by atoms with van der Waals surface area (Å²) < 4.78 is 13.7. The van der Waals surface area contributed by atoms with Crippen LogP contribution in [0.1, 0.15) is 12.0 Å². The van der Waals surface area contributed by atoms with E-state index in [0.717, 1.165) is 10.5 Å². The molecule has 1 aliphatic heterocycles. The van der Waals surface area contributed by atoms with Gasteiger partial charge in [0.1, 0.15) is 11.9 Å². The number of hydrogen-bond donors (Lipinski definition) is 1. The smallest absolute Gasteiger partial charge is 0.256 e. The molecule has 0 unspecified atom stereocenters. The summed E-state index contributed by atoms with van der Waals surface area (Å²) in [5.41, 5.74) is 1.81. The van der Waals surface area contributed by atoms with Crippen LogP contribution >= 0.6 is 0 Å². The minimum atomic E-state index is -0.745. The first kappa shape index (κ1) is 14.3. The number of benzene rings is 2. The molecule has 1 atom stereocenters. The topological polar surface area (TPSA) is 49.4 Å². The lowest BCUT2D eigenvalue weighted by Crippen LogP contribution is -2.34. The second-order valence-electron chi connectivity index (χ2n) is 5.28. The standard InChI is InChI=1S/C17H15FN2O2/c1-11-6-8-12(9-7-11)20-16(21)10-15(17(20)22)19-14-5-3-2-4-13(14)18/h2-9,15,19H,10H2,1H3/t15-/m1/s1. The summed E-state index contributed by atoms with van der Waals surface area (Å²) >= 11 is 0. The van der Waals surface area contributed by atoms with Crippen molar-refractivity contribution in [3.05, 3.63) is 59.9 Å². The SMILES string of the molecule is Cc1ccc(N2C(=O)C[C@@H](Nc3ccccc3F)C2=O)cc1. The summed E-state index contributed by atoms with van der Waals surface area (Å²) in [6, 6.07) is 12.5. The van der Waals surface area contributed by atoms with Crippen molar-refractivity contribution in [2.45, 2.75) is 19.4 Å². The molecule has 3 rings (SSSR count). The molecular weight excluding hydrogens is 283 g/mol. The molecule has 0 saturated carbocycles. The Morgan fingerprint density at radius 2 is 1.77 bits per heavy atom. The number of carbonyl (C=O) groups is 2. The van der Waals surface area contributed by atoms with Gasteiger partial charge in [-0.1, -0.05) is 29.8 Å². The predicted octanol–water partition coefficient (Wildman–Crippen LogP) is 2.88. The highest BCUT2D eigenvalue weighted by atomic mass is 19.1. The first-order valence-corrected chi connectivity index (χ1v) is 7.01.